The van der Waals surface area contributed by atoms with Crippen LogP contribution in [0.15, 0.2) is 85.1 Å². The van der Waals surface area contributed by atoms with Crippen LogP contribution in [0.25, 0.3) is 33.5 Å². The Bertz CT molecular complexity index is 1390. The maximum Gasteiger partial charge on any atom is 0.573 e. The fraction of sp³-hybridized carbons (Fsp3) is 0.115. The smallest absolute Gasteiger partial charge is 0.405 e. The molecule has 0 aliphatic carbocycles. The lowest BCUT2D eigenvalue weighted by molar-refractivity contribution is -0.275. The van der Waals surface area contributed by atoms with Gasteiger partial charge in [-0.3, -0.25) is 4.98 Å². The van der Waals surface area contributed by atoms with Crippen molar-refractivity contribution in [3.8, 4) is 50.8 Å². The quantitative estimate of drug-likeness (QED) is 0.222. The maximum absolute atomic E-state index is 13.3. The van der Waals surface area contributed by atoms with E-state index in [1.807, 2.05) is 0 Å². The molecular weight excluding hydrogens is 545 g/mol. The molecule has 0 N–H and O–H groups in total. The van der Waals surface area contributed by atoms with Crippen molar-refractivity contribution < 1.29 is 53.7 Å². The van der Waals surface area contributed by atoms with Gasteiger partial charge in [-0.2, -0.15) is 0 Å². The van der Waals surface area contributed by atoms with E-state index in [4.69, 9.17) is 0 Å². The summed E-state index contributed by atoms with van der Waals surface area (Å²) >= 11 is 0. The van der Waals surface area contributed by atoms with Gasteiger partial charge in [-0.05, 0) is 35.9 Å². The average molecular weight is 559 g/mol. The first-order valence-electron chi connectivity index (χ1n) is 10.8. The minimum Gasteiger partial charge on any atom is -0.405 e. The Morgan fingerprint density at radius 2 is 0.821 bits per heavy atom. The fourth-order valence-corrected chi connectivity index (χ4v) is 3.83. The van der Waals surface area contributed by atoms with Crippen LogP contribution in [0, 0.1) is 0 Å². The molecule has 3 aromatic carbocycles. The molecule has 0 radical (unpaired) electrons. The van der Waals surface area contributed by atoms with Crippen LogP contribution >= 0.6 is 0 Å². The molecule has 0 bridgehead atoms. The summed E-state index contributed by atoms with van der Waals surface area (Å²) in [4.78, 5) is 4.10. The predicted octanol–water partition coefficient (Wildman–Crippen LogP) is 8.78. The van der Waals surface area contributed by atoms with Gasteiger partial charge in [0.05, 0.1) is 5.69 Å². The molecule has 1 aromatic heterocycles. The molecular formula is C26H14F9NO3. The number of alkyl halides is 9. The number of nitrogens with zero attached hydrogens (tertiary/aromatic N) is 1. The summed E-state index contributed by atoms with van der Waals surface area (Å²) in [5.74, 6) is -2.23. The van der Waals surface area contributed by atoms with Crippen LogP contribution in [0.3, 0.4) is 0 Å². The van der Waals surface area contributed by atoms with Crippen molar-refractivity contribution >= 4 is 0 Å². The molecule has 0 saturated heterocycles. The highest BCUT2D eigenvalue weighted by Gasteiger charge is 2.36. The van der Waals surface area contributed by atoms with E-state index < -0.39 is 36.3 Å². The summed E-state index contributed by atoms with van der Waals surface area (Å²) in [6.07, 6.45) is -14.4. The van der Waals surface area contributed by atoms with Crippen LogP contribution < -0.4 is 14.2 Å². The van der Waals surface area contributed by atoms with Gasteiger partial charge in [0.1, 0.15) is 17.2 Å². The van der Waals surface area contributed by atoms with Crippen molar-refractivity contribution in [1.29, 1.82) is 0 Å². The second-order valence-electron chi connectivity index (χ2n) is 7.71. The van der Waals surface area contributed by atoms with Crippen LogP contribution in [0.2, 0.25) is 0 Å². The van der Waals surface area contributed by atoms with Gasteiger partial charge in [0.25, 0.3) is 0 Å². The highest BCUT2D eigenvalue weighted by Crippen LogP contribution is 2.48. The van der Waals surface area contributed by atoms with Gasteiger partial charge in [-0.1, -0.05) is 48.5 Å². The Kier molecular flexibility index (Phi) is 7.35. The van der Waals surface area contributed by atoms with E-state index in [0.717, 1.165) is 30.5 Å². The number of aromatic nitrogens is 1. The Labute approximate surface area is 214 Å². The van der Waals surface area contributed by atoms with E-state index >= 15 is 0 Å². The zero-order valence-electron chi connectivity index (χ0n) is 19.2. The number of benzene rings is 3. The van der Waals surface area contributed by atoms with Crippen molar-refractivity contribution in [3.63, 3.8) is 0 Å². The first-order chi connectivity index (χ1) is 18.2. The fourth-order valence-electron chi connectivity index (χ4n) is 3.83. The lowest BCUT2D eigenvalue weighted by Gasteiger charge is -2.21. The van der Waals surface area contributed by atoms with Gasteiger partial charge in [0.15, 0.2) is 0 Å². The number of hydrogen-bond donors (Lipinski definition) is 0. The highest BCUT2D eigenvalue weighted by molar-refractivity contribution is 5.96. The SMILES string of the molecule is FC(F)(F)Oc1ccccc1-c1ccnc(-c2ccccc2OC(F)(F)F)c1-c1ccccc1OC(F)(F)F. The second kappa shape index (κ2) is 10.4. The van der Waals surface area contributed by atoms with Crippen LogP contribution in [0.4, 0.5) is 39.5 Å². The van der Waals surface area contributed by atoms with E-state index in [0.29, 0.717) is 0 Å². The summed E-state index contributed by atoms with van der Waals surface area (Å²) < 4.78 is 131. The standard InChI is InChI=1S/C26H14F9NO3/c27-24(28,29)37-19-10-4-1-7-15(19)16-13-14-36-23(18-9-3-6-12-21(18)39-26(33,34)35)22(16)17-8-2-5-11-20(17)38-25(30,31)32/h1-14H. The van der Waals surface area contributed by atoms with E-state index in [9.17, 15) is 39.5 Å². The lowest BCUT2D eigenvalue weighted by Crippen LogP contribution is -2.18. The zero-order valence-corrected chi connectivity index (χ0v) is 19.2. The third-order valence-corrected chi connectivity index (χ3v) is 5.10. The normalized spacial score (nSPS) is 12.2. The molecule has 0 fully saturated rings. The van der Waals surface area contributed by atoms with E-state index in [-0.39, 0.29) is 33.5 Å². The topological polar surface area (TPSA) is 40.6 Å². The zero-order chi connectivity index (χ0) is 28.4. The van der Waals surface area contributed by atoms with Gasteiger partial charge in [0.2, 0.25) is 0 Å². The van der Waals surface area contributed by atoms with Crippen LogP contribution in [0.5, 0.6) is 17.2 Å². The number of rotatable bonds is 6. The van der Waals surface area contributed by atoms with Crippen molar-refractivity contribution in [2.45, 2.75) is 19.1 Å². The van der Waals surface area contributed by atoms with Crippen LogP contribution in [0.1, 0.15) is 0 Å². The molecule has 0 aliphatic heterocycles. The van der Waals surface area contributed by atoms with Gasteiger partial charge >= 0.3 is 19.1 Å². The number of hydrogen-bond acceptors (Lipinski definition) is 4. The minimum atomic E-state index is -5.17. The Morgan fingerprint density at radius 1 is 0.436 bits per heavy atom. The van der Waals surface area contributed by atoms with E-state index in [1.165, 1.54) is 54.6 Å². The van der Waals surface area contributed by atoms with Gasteiger partial charge in [-0.25, -0.2) is 0 Å². The van der Waals surface area contributed by atoms with E-state index in [1.54, 1.807) is 0 Å². The molecule has 204 valence electrons. The molecule has 13 heteroatoms. The molecule has 4 nitrogen and oxygen atoms in total. The maximum atomic E-state index is 13.3. The number of para-hydroxylation sites is 3. The van der Waals surface area contributed by atoms with Crippen molar-refractivity contribution in [3.05, 3.63) is 85.1 Å². The molecule has 4 rings (SSSR count). The first-order valence-corrected chi connectivity index (χ1v) is 10.8. The van der Waals surface area contributed by atoms with Crippen molar-refractivity contribution in [1.82, 2.24) is 4.98 Å². The molecule has 0 amide bonds. The molecule has 0 unspecified atom stereocenters. The van der Waals surface area contributed by atoms with Crippen LogP contribution in [-0.4, -0.2) is 24.1 Å². The second-order valence-corrected chi connectivity index (χ2v) is 7.71. The molecule has 1 heterocycles. The third-order valence-electron chi connectivity index (χ3n) is 5.10. The Balaban J connectivity index is 2.07. The number of ether oxygens (including phenoxy) is 3. The van der Waals surface area contributed by atoms with Gasteiger partial charge < -0.3 is 14.2 Å². The largest absolute Gasteiger partial charge is 0.573 e. The third kappa shape index (κ3) is 6.92. The van der Waals surface area contributed by atoms with Gasteiger partial charge in [-0.15, -0.1) is 39.5 Å². The summed E-state index contributed by atoms with van der Waals surface area (Å²) in [6.45, 7) is 0. The predicted molar refractivity (Wildman–Crippen MR) is 121 cm³/mol. The summed E-state index contributed by atoms with van der Waals surface area (Å²) in [7, 11) is 0. The summed E-state index contributed by atoms with van der Waals surface area (Å²) in [6, 6.07) is 15.3. The minimum absolute atomic E-state index is 0.139. The van der Waals surface area contributed by atoms with Crippen LogP contribution in [-0.2, 0) is 0 Å². The number of halogens is 9. The average Bonchev–Trinajstić information content (AvgIpc) is 2.82. The first kappa shape index (κ1) is 27.6. The molecule has 0 saturated carbocycles. The lowest BCUT2D eigenvalue weighted by atomic mass is 9.90. The van der Waals surface area contributed by atoms with Crippen molar-refractivity contribution in [2.24, 2.45) is 0 Å². The molecule has 0 aliphatic rings. The van der Waals surface area contributed by atoms with Gasteiger partial charge in [0, 0.05) is 28.5 Å². The summed E-state index contributed by atoms with van der Waals surface area (Å²) in [5.41, 5.74) is -1.59. The Morgan fingerprint density at radius 3 is 1.31 bits per heavy atom. The van der Waals surface area contributed by atoms with E-state index in [2.05, 4.69) is 19.2 Å². The number of pyridine rings is 1. The Hall–Kier alpha value is -4.42. The molecule has 4 aromatic rings. The molecule has 0 spiro atoms. The molecule has 39 heavy (non-hydrogen) atoms. The summed E-state index contributed by atoms with van der Waals surface area (Å²) in [5, 5.41) is 0. The molecule has 0 atom stereocenters. The van der Waals surface area contributed by atoms with Crippen molar-refractivity contribution in [2.75, 3.05) is 0 Å². The monoisotopic (exact) mass is 559 g/mol. The highest BCUT2D eigenvalue weighted by atomic mass is 19.4.